The fourth-order valence-electron chi connectivity index (χ4n) is 1.75. The van der Waals surface area contributed by atoms with Crippen molar-refractivity contribution in [1.29, 1.82) is 0 Å². The van der Waals surface area contributed by atoms with Gasteiger partial charge in [0.2, 0.25) is 11.8 Å². The van der Waals surface area contributed by atoms with Crippen LogP contribution < -0.4 is 10.6 Å². The van der Waals surface area contributed by atoms with E-state index in [0.29, 0.717) is 22.4 Å². The van der Waals surface area contributed by atoms with E-state index >= 15 is 0 Å². The minimum atomic E-state index is -0.542. The molecular formula is C14H12Cl3N3O2S. The normalized spacial score (nSPS) is 18.8. The number of hydrogen-bond donors (Lipinski definition) is 2. The quantitative estimate of drug-likeness (QED) is 0.592. The molecule has 122 valence electrons. The first-order valence-corrected chi connectivity index (χ1v) is 8.49. The van der Waals surface area contributed by atoms with Gasteiger partial charge in [-0.2, -0.15) is 0 Å². The number of nitrogens with one attached hydrogen (secondary N) is 2. The van der Waals surface area contributed by atoms with Crippen LogP contribution in [0.3, 0.4) is 0 Å². The molecule has 2 rings (SSSR count). The molecule has 1 unspecified atom stereocenters. The lowest BCUT2D eigenvalue weighted by Crippen LogP contribution is -2.28. The van der Waals surface area contributed by atoms with Crippen LogP contribution in [0.15, 0.2) is 29.8 Å². The van der Waals surface area contributed by atoms with Crippen molar-refractivity contribution < 1.29 is 9.59 Å². The lowest BCUT2D eigenvalue weighted by molar-refractivity contribution is -0.122. The van der Waals surface area contributed by atoms with Gasteiger partial charge in [0.15, 0.2) is 5.17 Å². The second-order valence-corrected chi connectivity index (χ2v) is 6.94. The molecule has 0 radical (unpaired) electrons. The van der Waals surface area contributed by atoms with Gasteiger partial charge in [-0.1, -0.05) is 52.6 Å². The van der Waals surface area contributed by atoms with E-state index in [9.17, 15) is 9.59 Å². The molecule has 1 aromatic rings. The van der Waals surface area contributed by atoms with Crippen LogP contribution in [0.5, 0.6) is 0 Å². The number of halogens is 3. The summed E-state index contributed by atoms with van der Waals surface area (Å²) in [6.07, 6.45) is 1.60. The van der Waals surface area contributed by atoms with Crippen LogP contribution in [0.1, 0.15) is 6.42 Å². The maximum absolute atomic E-state index is 12.1. The number of carbonyl (C=O) groups excluding carboxylic acids is 2. The van der Waals surface area contributed by atoms with Crippen molar-refractivity contribution in [3.05, 3.63) is 39.9 Å². The molecule has 0 spiro atoms. The van der Waals surface area contributed by atoms with Gasteiger partial charge in [-0.15, -0.1) is 6.58 Å². The Bertz CT molecular complexity index is 694. The van der Waals surface area contributed by atoms with Crippen LogP contribution in [-0.4, -0.2) is 28.8 Å². The average Bonchev–Trinajstić information content (AvgIpc) is 2.82. The van der Waals surface area contributed by atoms with E-state index in [2.05, 4.69) is 22.2 Å². The molecule has 2 amide bonds. The number of amidine groups is 1. The van der Waals surface area contributed by atoms with Gasteiger partial charge in [-0.05, 0) is 12.1 Å². The van der Waals surface area contributed by atoms with Crippen molar-refractivity contribution in [2.45, 2.75) is 11.7 Å². The number of nitrogens with zero attached hydrogens (tertiary/aromatic N) is 1. The van der Waals surface area contributed by atoms with Gasteiger partial charge in [0, 0.05) is 6.42 Å². The molecule has 1 fully saturated rings. The van der Waals surface area contributed by atoms with Crippen molar-refractivity contribution in [3.8, 4) is 0 Å². The third kappa shape index (κ3) is 4.88. The summed E-state index contributed by atoms with van der Waals surface area (Å²) in [6.45, 7) is 3.95. The lowest BCUT2D eigenvalue weighted by atomic mass is 10.2. The Labute approximate surface area is 152 Å². The predicted molar refractivity (Wildman–Crippen MR) is 96.7 cm³/mol. The highest BCUT2D eigenvalue weighted by molar-refractivity contribution is 8.15. The monoisotopic (exact) mass is 391 g/mol. The summed E-state index contributed by atoms with van der Waals surface area (Å²) in [7, 11) is 0. The van der Waals surface area contributed by atoms with Gasteiger partial charge in [0.05, 0.1) is 27.3 Å². The summed E-state index contributed by atoms with van der Waals surface area (Å²) >= 11 is 18.9. The number of benzene rings is 1. The van der Waals surface area contributed by atoms with Crippen molar-refractivity contribution >= 4 is 69.2 Å². The molecule has 0 saturated carbocycles. The predicted octanol–water partition coefficient (Wildman–Crippen LogP) is 3.75. The van der Waals surface area contributed by atoms with E-state index < -0.39 is 5.25 Å². The molecule has 0 aromatic heterocycles. The molecule has 1 heterocycles. The summed E-state index contributed by atoms with van der Waals surface area (Å²) < 4.78 is 0. The van der Waals surface area contributed by atoms with E-state index in [-0.39, 0.29) is 28.3 Å². The van der Waals surface area contributed by atoms with Crippen molar-refractivity contribution in [2.75, 3.05) is 11.9 Å². The van der Waals surface area contributed by atoms with E-state index in [1.807, 2.05) is 0 Å². The number of hydrogen-bond acceptors (Lipinski definition) is 4. The minimum absolute atomic E-state index is 0.0137. The highest BCUT2D eigenvalue weighted by atomic mass is 35.5. The first-order chi connectivity index (χ1) is 10.9. The average molecular weight is 393 g/mol. The SMILES string of the molecule is C=CCN=C1NC(=O)C(CC(=O)Nc2cc(Cl)c(Cl)cc2Cl)S1. The molecule has 1 aliphatic rings. The van der Waals surface area contributed by atoms with Gasteiger partial charge in [0.25, 0.3) is 0 Å². The third-order valence-corrected chi connectivity index (χ3v) is 4.95. The van der Waals surface area contributed by atoms with Crippen LogP contribution in [0.2, 0.25) is 15.1 Å². The first kappa shape index (κ1) is 18.1. The molecule has 0 aliphatic carbocycles. The van der Waals surface area contributed by atoms with Crippen LogP contribution in [0.4, 0.5) is 5.69 Å². The van der Waals surface area contributed by atoms with Gasteiger partial charge in [-0.3, -0.25) is 14.6 Å². The summed E-state index contributed by atoms with van der Waals surface area (Å²) in [6, 6.07) is 2.90. The smallest absolute Gasteiger partial charge is 0.240 e. The summed E-state index contributed by atoms with van der Waals surface area (Å²) in [5.74, 6) is -0.615. The molecule has 1 aliphatic heterocycles. The van der Waals surface area contributed by atoms with E-state index in [1.54, 1.807) is 6.08 Å². The largest absolute Gasteiger partial charge is 0.325 e. The molecule has 1 aromatic carbocycles. The number of carbonyl (C=O) groups is 2. The number of anilines is 1. The molecule has 1 saturated heterocycles. The van der Waals surface area contributed by atoms with Crippen molar-refractivity contribution in [2.24, 2.45) is 4.99 Å². The fraction of sp³-hybridized carbons (Fsp3) is 0.214. The van der Waals surface area contributed by atoms with Gasteiger partial charge in [-0.25, -0.2) is 0 Å². The third-order valence-electron chi connectivity index (χ3n) is 2.80. The van der Waals surface area contributed by atoms with E-state index in [4.69, 9.17) is 34.8 Å². The summed E-state index contributed by atoms with van der Waals surface area (Å²) in [5, 5.41) is 6.02. The number of rotatable bonds is 5. The molecule has 23 heavy (non-hydrogen) atoms. The van der Waals surface area contributed by atoms with E-state index in [0.717, 1.165) is 0 Å². The fourth-order valence-corrected chi connectivity index (χ4v) is 3.32. The standard InChI is InChI=1S/C14H12Cl3N3O2S/c1-2-3-18-14-20-13(22)11(23-14)6-12(21)19-10-5-8(16)7(15)4-9(10)17/h2,4-5,11H,1,3,6H2,(H,19,21)(H,18,20,22). The Morgan fingerprint density at radius 1 is 1.35 bits per heavy atom. The second kappa shape index (κ2) is 8.06. The Kier molecular flexibility index (Phi) is 6.35. The van der Waals surface area contributed by atoms with Crippen LogP contribution in [0, 0.1) is 0 Å². The Balaban J connectivity index is 1.99. The topological polar surface area (TPSA) is 70.6 Å². The Morgan fingerprint density at radius 2 is 2.04 bits per heavy atom. The minimum Gasteiger partial charge on any atom is -0.325 e. The number of aliphatic imine (C=N–C) groups is 1. The van der Waals surface area contributed by atoms with Gasteiger partial charge >= 0.3 is 0 Å². The Hall–Kier alpha value is -1.21. The highest BCUT2D eigenvalue weighted by Gasteiger charge is 2.32. The van der Waals surface area contributed by atoms with Crippen LogP contribution >= 0.6 is 46.6 Å². The molecule has 5 nitrogen and oxygen atoms in total. The highest BCUT2D eigenvalue weighted by Crippen LogP contribution is 2.32. The van der Waals surface area contributed by atoms with Crippen LogP contribution in [0.25, 0.3) is 0 Å². The van der Waals surface area contributed by atoms with Crippen molar-refractivity contribution in [3.63, 3.8) is 0 Å². The van der Waals surface area contributed by atoms with Gasteiger partial charge in [0.1, 0.15) is 5.25 Å². The maximum Gasteiger partial charge on any atom is 0.240 e. The number of amides is 2. The zero-order chi connectivity index (χ0) is 17.0. The second-order valence-electron chi connectivity index (χ2n) is 4.53. The maximum atomic E-state index is 12.1. The number of thioether (sulfide) groups is 1. The summed E-state index contributed by atoms with van der Waals surface area (Å²) in [4.78, 5) is 28.0. The molecule has 0 bridgehead atoms. The zero-order valence-corrected chi connectivity index (χ0v) is 14.8. The van der Waals surface area contributed by atoms with Crippen molar-refractivity contribution in [1.82, 2.24) is 5.32 Å². The molecule has 9 heteroatoms. The van der Waals surface area contributed by atoms with Gasteiger partial charge < -0.3 is 10.6 Å². The molecule has 1 atom stereocenters. The summed E-state index contributed by atoms with van der Waals surface area (Å²) in [5.41, 5.74) is 0.343. The lowest BCUT2D eigenvalue weighted by Gasteiger charge is -2.10. The first-order valence-electron chi connectivity index (χ1n) is 6.48. The zero-order valence-electron chi connectivity index (χ0n) is 11.7. The van der Waals surface area contributed by atoms with Crippen LogP contribution in [-0.2, 0) is 9.59 Å². The molecular weight excluding hydrogens is 381 g/mol. The van der Waals surface area contributed by atoms with E-state index in [1.165, 1.54) is 23.9 Å². The molecule has 2 N–H and O–H groups in total. The Morgan fingerprint density at radius 3 is 2.74 bits per heavy atom.